The van der Waals surface area contributed by atoms with E-state index in [4.69, 9.17) is 23.2 Å². The minimum atomic E-state index is 0.556. The van der Waals surface area contributed by atoms with Gasteiger partial charge >= 0.3 is 0 Å². The number of anilines is 1. The number of nitrogens with one attached hydrogen (secondary N) is 1. The predicted molar refractivity (Wildman–Crippen MR) is 76.3 cm³/mol. The summed E-state index contributed by atoms with van der Waals surface area (Å²) in [6.45, 7) is 3.80. The molecule has 1 N–H and O–H groups in total. The Bertz CT molecular complexity index is 523. The number of imidazole rings is 1. The summed E-state index contributed by atoms with van der Waals surface area (Å²) in [7, 11) is 0. The molecule has 18 heavy (non-hydrogen) atoms. The van der Waals surface area contributed by atoms with Gasteiger partial charge in [0.1, 0.15) is 0 Å². The second-order valence-electron chi connectivity index (χ2n) is 4.03. The molecular formula is C13H15Cl2N3. The summed E-state index contributed by atoms with van der Waals surface area (Å²) < 4.78 is 2.13. The van der Waals surface area contributed by atoms with Crippen LogP contribution in [-0.2, 0) is 13.1 Å². The van der Waals surface area contributed by atoms with Gasteiger partial charge in [-0.1, -0.05) is 36.2 Å². The molecule has 0 amide bonds. The fourth-order valence-electron chi connectivity index (χ4n) is 1.76. The minimum Gasteiger partial charge on any atom is -0.378 e. The zero-order valence-corrected chi connectivity index (χ0v) is 11.7. The van der Waals surface area contributed by atoms with Crippen LogP contribution in [0.1, 0.15) is 19.0 Å². The molecule has 0 fully saturated rings. The fourth-order valence-corrected chi connectivity index (χ4v) is 2.13. The molecule has 3 nitrogen and oxygen atoms in total. The minimum absolute atomic E-state index is 0.556. The standard InChI is InChI=1S/C13H15Cl2N3/c1-2-6-18-9-16-7-10(18)8-17-12-5-3-4-11(14)13(12)15/h3-5,7,9,17H,2,6,8H2,1H3. The van der Waals surface area contributed by atoms with Crippen LogP contribution in [0.5, 0.6) is 0 Å². The number of hydrogen-bond donors (Lipinski definition) is 1. The molecule has 0 unspecified atom stereocenters. The van der Waals surface area contributed by atoms with Crippen molar-refractivity contribution in [3.05, 3.63) is 46.5 Å². The van der Waals surface area contributed by atoms with Gasteiger partial charge in [-0.3, -0.25) is 0 Å². The van der Waals surface area contributed by atoms with Crippen LogP contribution in [-0.4, -0.2) is 9.55 Å². The Morgan fingerprint density at radius 2 is 2.17 bits per heavy atom. The Kier molecular flexibility index (Phi) is 4.50. The SMILES string of the molecule is CCCn1cncc1CNc1cccc(Cl)c1Cl. The van der Waals surface area contributed by atoms with Gasteiger partial charge in [-0.2, -0.15) is 0 Å². The van der Waals surface area contributed by atoms with Crippen molar-refractivity contribution in [2.45, 2.75) is 26.4 Å². The zero-order chi connectivity index (χ0) is 13.0. The third-order valence-corrected chi connectivity index (χ3v) is 3.49. The van der Waals surface area contributed by atoms with Crippen molar-refractivity contribution in [3.8, 4) is 0 Å². The third-order valence-electron chi connectivity index (χ3n) is 2.67. The highest BCUT2D eigenvalue weighted by atomic mass is 35.5. The van der Waals surface area contributed by atoms with Crippen LogP contribution in [0.3, 0.4) is 0 Å². The van der Waals surface area contributed by atoms with Crippen molar-refractivity contribution >= 4 is 28.9 Å². The van der Waals surface area contributed by atoms with Crippen molar-refractivity contribution in [1.82, 2.24) is 9.55 Å². The smallest absolute Gasteiger partial charge is 0.0948 e. The molecule has 0 aliphatic rings. The van der Waals surface area contributed by atoms with Crippen LogP contribution in [0, 0.1) is 0 Å². The van der Waals surface area contributed by atoms with E-state index in [2.05, 4.69) is 21.8 Å². The molecule has 2 rings (SSSR count). The van der Waals surface area contributed by atoms with Gasteiger partial charge in [-0.05, 0) is 18.6 Å². The molecule has 5 heteroatoms. The molecule has 0 aliphatic heterocycles. The van der Waals surface area contributed by atoms with E-state index in [0.717, 1.165) is 24.3 Å². The number of nitrogens with zero attached hydrogens (tertiary/aromatic N) is 2. The van der Waals surface area contributed by atoms with Gasteiger partial charge in [0.25, 0.3) is 0 Å². The van der Waals surface area contributed by atoms with Gasteiger partial charge in [-0.25, -0.2) is 4.98 Å². The van der Waals surface area contributed by atoms with Crippen LogP contribution < -0.4 is 5.32 Å². The van der Waals surface area contributed by atoms with Crippen molar-refractivity contribution in [2.75, 3.05) is 5.32 Å². The summed E-state index contributed by atoms with van der Waals surface area (Å²) >= 11 is 12.1. The molecule has 0 saturated heterocycles. The van der Waals surface area contributed by atoms with Gasteiger partial charge in [0, 0.05) is 12.7 Å². The Morgan fingerprint density at radius 1 is 1.33 bits per heavy atom. The first-order chi connectivity index (χ1) is 8.72. The molecule has 0 spiro atoms. The molecule has 96 valence electrons. The Balaban J connectivity index is 2.07. The van der Waals surface area contributed by atoms with Crippen LogP contribution in [0.2, 0.25) is 10.0 Å². The average Bonchev–Trinajstić information content (AvgIpc) is 2.79. The van der Waals surface area contributed by atoms with Crippen molar-refractivity contribution in [2.24, 2.45) is 0 Å². The second-order valence-corrected chi connectivity index (χ2v) is 4.82. The van der Waals surface area contributed by atoms with E-state index in [1.165, 1.54) is 0 Å². The largest absolute Gasteiger partial charge is 0.378 e. The number of hydrogen-bond acceptors (Lipinski definition) is 2. The van der Waals surface area contributed by atoms with E-state index in [1.54, 1.807) is 6.07 Å². The summed E-state index contributed by atoms with van der Waals surface area (Å²) in [6, 6.07) is 5.56. The molecule has 2 aromatic rings. The van der Waals surface area contributed by atoms with E-state index >= 15 is 0 Å². The van der Waals surface area contributed by atoms with Crippen molar-refractivity contribution in [1.29, 1.82) is 0 Å². The van der Waals surface area contributed by atoms with Gasteiger partial charge in [0.15, 0.2) is 0 Å². The number of aromatic nitrogens is 2. The van der Waals surface area contributed by atoms with Gasteiger partial charge < -0.3 is 9.88 Å². The molecule has 0 radical (unpaired) electrons. The summed E-state index contributed by atoms with van der Waals surface area (Å²) in [5.74, 6) is 0. The maximum Gasteiger partial charge on any atom is 0.0948 e. The molecule has 0 bridgehead atoms. The fraction of sp³-hybridized carbons (Fsp3) is 0.308. The summed E-state index contributed by atoms with van der Waals surface area (Å²) in [4.78, 5) is 4.16. The van der Waals surface area contributed by atoms with Crippen molar-refractivity contribution in [3.63, 3.8) is 0 Å². The number of aryl methyl sites for hydroxylation is 1. The lowest BCUT2D eigenvalue weighted by Gasteiger charge is -2.11. The lowest BCUT2D eigenvalue weighted by Crippen LogP contribution is -2.07. The highest BCUT2D eigenvalue weighted by Gasteiger charge is 2.05. The van der Waals surface area contributed by atoms with E-state index in [0.29, 0.717) is 16.6 Å². The molecule has 1 heterocycles. The van der Waals surface area contributed by atoms with E-state index in [9.17, 15) is 0 Å². The average molecular weight is 284 g/mol. The number of benzene rings is 1. The molecule has 0 atom stereocenters. The lowest BCUT2D eigenvalue weighted by molar-refractivity contribution is 0.651. The third kappa shape index (κ3) is 2.98. The maximum absolute atomic E-state index is 6.12. The first-order valence-electron chi connectivity index (χ1n) is 5.89. The summed E-state index contributed by atoms with van der Waals surface area (Å²) in [6.07, 6.45) is 4.79. The van der Waals surface area contributed by atoms with Crippen LogP contribution in [0.25, 0.3) is 0 Å². The van der Waals surface area contributed by atoms with Gasteiger partial charge in [0.05, 0.1) is 34.3 Å². The lowest BCUT2D eigenvalue weighted by atomic mass is 10.3. The van der Waals surface area contributed by atoms with Crippen molar-refractivity contribution < 1.29 is 0 Å². The maximum atomic E-state index is 6.12. The van der Waals surface area contributed by atoms with E-state index in [1.807, 2.05) is 24.7 Å². The first kappa shape index (κ1) is 13.2. The molecular weight excluding hydrogens is 269 g/mol. The second kappa shape index (κ2) is 6.12. The van der Waals surface area contributed by atoms with Crippen LogP contribution in [0.15, 0.2) is 30.7 Å². The molecule has 0 saturated carbocycles. The summed E-state index contributed by atoms with van der Waals surface area (Å²) in [5, 5.41) is 4.39. The van der Waals surface area contributed by atoms with Crippen LogP contribution >= 0.6 is 23.2 Å². The van der Waals surface area contributed by atoms with Crippen LogP contribution in [0.4, 0.5) is 5.69 Å². The molecule has 0 aliphatic carbocycles. The number of halogens is 2. The monoisotopic (exact) mass is 283 g/mol. The zero-order valence-electron chi connectivity index (χ0n) is 10.2. The highest BCUT2D eigenvalue weighted by molar-refractivity contribution is 6.43. The first-order valence-corrected chi connectivity index (χ1v) is 6.65. The Morgan fingerprint density at radius 3 is 2.94 bits per heavy atom. The number of rotatable bonds is 5. The van der Waals surface area contributed by atoms with E-state index < -0.39 is 0 Å². The normalized spacial score (nSPS) is 10.6. The topological polar surface area (TPSA) is 29.9 Å². The summed E-state index contributed by atoms with van der Waals surface area (Å²) in [5.41, 5.74) is 1.97. The van der Waals surface area contributed by atoms with E-state index in [-0.39, 0.29) is 0 Å². The van der Waals surface area contributed by atoms with Gasteiger partial charge in [-0.15, -0.1) is 0 Å². The Labute approximate surface area is 117 Å². The quantitative estimate of drug-likeness (QED) is 0.891. The van der Waals surface area contributed by atoms with Gasteiger partial charge in [0.2, 0.25) is 0 Å². The predicted octanol–water partition coefficient (Wildman–Crippen LogP) is 4.21. The Hall–Kier alpha value is -1.19. The molecule has 1 aromatic heterocycles. The molecule has 1 aromatic carbocycles. The highest BCUT2D eigenvalue weighted by Crippen LogP contribution is 2.29.